The first-order valence-corrected chi connectivity index (χ1v) is 5.75. The predicted molar refractivity (Wildman–Crippen MR) is 62.5 cm³/mol. The van der Waals surface area contributed by atoms with Crippen LogP contribution in [-0.2, 0) is 0 Å². The van der Waals surface area contributed by atoms with Crippen LogP contribution >= 0.6 is 11.6 Å². The van der Waals surface area contributed by atoms with Crippen molar-refractivity contribution in [2.75, 3.05) is 0 Å². The Hall–Kier alpha value is -0.890. The van der Waals surface area contributed by atoms with Crippen LogP contribution in [0, 0.1) is 0 Å². The molecule has 0 radical (unpaired) electrons. The van der Waals surface area contributed by atoms with Gasteiger partial charge in [-0.15, -0.1) is 0 Å². The standard InChI is InChI=1S/C6H5ClO2.C6H12/c7-5-3-4(8)1-2-6(5)9;1-2-4-6-5-3-1/h1-3,8-9H;1-6H2. The van der Waals surface area contributed by atoms with Gasteiger partial charge in [0.15, 0.2) is 0 Å². The molecule has 1 aromatic rings. The Bertz CT molecular complexity index is 284. The average Bonchev–Trinajstić information content (AvgIpc) is 2.27. The molecule has 0 aromatic heterocycles. The summed E-state index contributed by atoms with van der Waals surface area (Å²) in [6.07, 6.45) is 9.00. The number of rotatable bonds is 0. The lowest BCUT2D eigenvalue weighted by molar-refractivity contribution is 0.460. The van der Waals surface area contributed by atoms with Gasteiger partial charge in [-0.25, -0.2) is 0 Å². The molecule has 0 spiro atoms. The Labute approximate surface area is 95.5 Å². The number of halogens is 1. The van der Waals surface area contributed by atoms with E-state index in [4.69, 9.17) is 21.8 Å². The molecule has 1 fully saturated rings. The molecule has 0 atom stereocenters. The van der Waals surface area contributed by atoms with Gasteiger partial charge in [-0.1, -0.05) is 50.1 Å². The van der Waals surface area contributed by atoms with Gasteiger partial charge in [-0.3, -0.25) is 0 Å². The molecule has 84 valence electrons. The Morgan fingerprint density at radius 1 is 0.867 bits per heavy atom. The quantitative estimate of drug-likeness (QED) is 0.657. The zero-order chi connectivity index (χ0) is 11.1. The molecule has 2 nitrogen and oxygen atoms in total. The van der Waals surface area contributed by atoms with Gasteiger partial charge in [-0.2, -0.15) is 0 Å². The van der Waals surface area contributed by atoms with Crippen LogP contribution in [0.4, 0.5) is 0 Å². The maximum absolute atomic E-state index is 8.80. The van der Waals surface area contributed by atoms with Crippen LogP contribution in [0.2, 0.25) is 5.02 Å². The first kappa shape index (κ1) is 12.2. The summed E-state index contributed by atoms with van der Waals surface area (Å²) in [6.45, 7) is 0. The second-order valence-electron chi connectivity index (χ2n) is 3.76. The molecule has 0 aliphatic heterocycles. The molecule has 1 aliphatic rings. The average molecular weight is 229 g/mol. The maximum Gasteiger partial charge on any atom is 0.134 e. The van der Waals surface area contributed by atoms with E-state index in [-0.39, 0.29) is 16.5 Å². The fraction of sp³-hybridized carbons (Fsp3) is 0.500. The van der Waals surface area contributed by atoms with Gasteiger partial charge in [0, 0.05) is 6.07 Å². The van der Waals surface area contributed by atoms with Crippen molar-refractivity contribution in [3.05, 3.63) is 23.2 Å². The summed E-state index contributed by atoms with van der Waals surface area (Å²) in [6, 6.07) is 3.97. The fourth-order valence-corrected chi connectivity index (χ4v) is 1.73. The van der Waals surface area contributed by atoms with Gasteiger partial charge < -0.3 is 10.2 Å². The molecule has 15 heavy (non-hydrogen) atoms. The Kier molecular flexibility index (Phi) is 5.33. The minimum absolute atomic E-state index is 0.0190. The third kappa shape index (κ3) is 4.93. The summed E-state index contributed by atoms with van der Waals surface area (Å²) in [4.78, 5) is 0. The van der Waals surface area contributed by atoms with Crippen LogP contribution in [0.5, 0.6) is 11.5 Å². The molecule has 1 aromatic carbocycles. The SMILES string of the molecule is C1CCCCC1.Oc1ccc(O)c(Cl)c1. The summed E-state index contributed by atoms with van der Waals surface area (Å²) in [5.74, 6) is 0.0345. The molecule has 2 rings (SSSR count). The van der Waals surface area contributed by atoms with E-state index in [1.807, 2.05) is 0 Å². The highest BCUT2D eigenvalue weighted by Gasteiger charge is 1.96. The molecule has 0 heterocycles. The van der Waals surface area contributed by atoms with Gasteiger partial charge in [0.25, 0.3) is 0 Å². The molecular formula is C12H17ClO2. The number of phenols is 2. The second-order valence-corrected chi connectivity index (χ2v) is 4.16. The van der Waals surface area contributed by atoms with Crippen LogP contribution in [0.15, 0.2) is 18.2 Å². The van der Waals surface area contributed by atoms with Crippen molar-refractivity contribution in [1.29, 1.82) is 0 Å². The van der Waals surface area contributed by atoms with Crippen molar-refractivity contribution in [2.45, 2.75) is 38.5 Å². The number of hydrogen-bond acceptors (Lipinski definition) is 2. The van der Waals surface area contributed by atoms with Crippen LogP contribution < -0.4 is 0 Å². The van der Waals surface area contributed by atoms with Crippen molar-refractivity contribution in [3.8, 4) is 11.5 Å². The summed E-state index contributed by atoms with van der Waals surface area (Å²) in [5, 5.41) is 17.7. The Morgan fingerprint density at radius 3 is 1.67 bits per heavy atom. The zero-order valence-electron chi connectivity index (χ0n) is 8.75. The van der Waals surface area contributed by atoms with Crippen molar-refractivity contribution < 1.29 is 10.2 Å². The summed E-state index contributed by atoms with van der Waals surface area (Å²) in [5.41, 5.74) is 0. The molecule has 0 amide bonds. The van der Waals surface area contributed by atoms with Crippen molar-refractivity contribution in [2.24, 2.45) is 0 Å². The maximum atomic E-state index is 8.80. The molecule has 0 bridgehead atoms. The molecule has 1 aliphatic carbocycles. The van der Waals surface area contributed by atoms with Gasteiger partial charge in [0.2, 0.25) is 0 Å². The van der Waals surface area contributed by atoms with Crippen LogP contribution in [0.25, 0.3) is 0 Å². The van der Waals surface area contributed by atoms with Gasteiger partial charge in [0.1, 0.15) is 11.5 Å². The van der Waals surface area contributed by atoms with E-state index < -0.39 is 0 Å². The third-order valence-corrected chi connectivity index (χ3v) is 2.73. The minimum atomic E-state index is -0.0190. The number of aromatic hydroxyl groups is 2. The van der Waals surface area contributed by atoms with Gasteiger partial charge in [0.05, 0.1) is 5.02 Å². The molecule has 0 unspecified atom stereocenters. The normalized spacial score (nSPS) is 15.3. The molecular weight excluding hydrogens is 212 g/mol. The lowest BCUT2D eigenvalue weighted by atomic mass is 10.0. The first-order valence-electron chi connectivity index (χ1n) is 5.37. The van der Waals surface area contributed by atoms with Crippen molar-refractivity contribution in [3.63, 3.8) is 0 Å². The first-order chi connectivity index (χ1) is 7.20. The van der Waals surface area contributed by atoms with E-state index in [1.54, 1.807) is 0 Å². The van der Waals surface area contributed by atoms with E-state index in [9.17, 15) is 0 Å². The van der Waals surface area contributed by atoms with Crippen LogP contribution in [-0.4, -0.2) is 10.2 Å². The molecule has 2 N–H and O–H groups in total. The van der Waals surface area contributed by atoms with E-state index >= 15 is 0 Å². The Morgan fingerprint density at radius 2 is 1.33 bits per heavy atom. The minimum Gasteiger partial charge on any atom is -0.508 e. The largest absolute Gasteiger partial charge is 0.508 e. The highest BCUT2D eigenvalue weighted by atomic mass is 35.5. The van der Waals surface area contributed by atoms with E-state index in [0.29, 0.717) is 0 Å². The zero-order valence-corrected chi connectivity index (χ0v) is 9.50. The summed E-state index contributed by atoms with van der Waals surface area (Å²) < 4.78 is 0. The summed E-state index contributed by atoms with van der Waals surface area (Å²) in [7, 11) is 0. The highest BCUT2D eigenvalue weighted by Crippen LogP contribution is 2.26. The topological polar surface area (TPSA) is 40.5 Å². The number of phenolic OH excluding ortho intramolecular Hbond substituents is 2. The fourth-order valence-electron chi connectivity index (χ4n) is 1.56. The predicted octanol–water partition coefficient (Wildman–Crippen LogP) is 4.09. The van der Waals surface area contributed by atoms with E-state index in [2.05, 4.69) is 0 Å². The third-order valence-electron chi connectivity index (χ3n) is 2.43. The van der Waals surface area contributed by atoms with Gasteiger partial charge in [-0.05, 0) is 12.1 Å². The Balaban J connectivity index is 0.000000162. The van der Waals surface area contributed by atoms with Crippen LogP contribution in [0.1, 0.15) is 38.5 Å². The number of hydrogen-bond donors (Lipinski definition) is 2. The second kappa shape index (κ2) is 6.57. The van der Waals surface area contributed by atoms with Gasteiger partial charge >= 0.3 is 0 Å². The lowest BCUT2D eigenvalue weighted by Crippen LogP contribution is -1.85. The monoisotopic (exact) mass is 228 g/mol. The number of benzene rings is 1. The van der Waals surface area contributed by atoms with Crippen LogP contribution in [0.3, 0.4) is 0 Å². The molecule has 3 heteroatoms. The summed E-state index contributed by atoms with van der Waals surface area (Å²) >= 11 is 5.40. The van der Waals surface area contributed by atoms with Crippen molar-refractivity contribution in [1.82, 2.24) is 0 Å². The van der Waals surface area contributed by atoms with Crippen molar-refractivity contribution >= 4 is 11.6 Å². The molecule has 1 saturated carbocycles. The molecule has 0 saturated heterocycles. The smallest absolute Gasteiger partial charge is 0.134 e. The lowest BCUT2D eigenvalue weighted by Gasteiger charge is -2.05. The highest BCUT2D eigenvalue weighted by molar-refractivity contribution is 6.32. The van der Waals surface area contributed by atoms with E-state index in [0.717, 1.165) is 0 Å². The van der Waals surface area contributed by atoms with E-state index in [1.165, 1.54) is 56.7 Å².